The first-order valence-electron chi connectivity index (χ1n) is 7.66. The van der Waals surface area contributed by atoms with E-state index >= 15 is 0 Å². The molecule has 1 aliphatic heterocycles. The van der Waals surface area contributed by atoms with Crippen LogP contribution < -0.4 is 5.32 Å². The summed E-state index contributed by atoms with van der Waals surface area (Å²) in [5, 5.41) is 42.1. The standard InChI is InChI=1S/C16H21NO6/c18-8-10-11(19)12(20)13(21)14(23-10)16(6-7-16)17-15(22)9-4-2-1-3-5-9/h1-5,10-14,18-21H,6-8H2,(H,17,22)/t10-,11-,12+,13-,14?/m1/s1. The van der Waals surface area contributed by atoms with Crippen molar-refractivity contribution in [3.63, 3.8) is 0 Å². The number of ether oxygens (including phenoxy) is 1. The molecule has 1 amide bonds. The van der Waals surface area contributed by atoms with Gasteiger partial charge in [0.05, 0.1) is 12.1 Å². The van der Waals surface area contributed by atoms with Crippen molar-refractivity contribution in [3.8, 4) is 0 Å². The summed E-state index contributed by atoms with van der Waals surface area (Å²) in [6.45, 7) is -0.482. The van der Waals surface area contributed by atoms with Gasteiger partial charge in [-0.1, -0.05) is 18.2 Å². The molecule has 0 bridgehead atoms. The number of aliphatic hydroxyl groups excluding tert-OH is 4. The van der Waals surface area contributed by atoms with E-state index in [1.807, 2.05) is 0 Å². The Bertz CT molecular complexity index is 559. The van der Waals surface area contributed by atoms with Crippen molar-refractivity contribution in [2.75, 3.05) is 6.61 Å². The van der Waals surface area contributed by atoms with Gasteiger partial charge in [0.25, 0.3) is 5.91 Å². The summed E-state index contributed by atoms with van der Waals surface area (Å²) in [4.78, 5) is 12.3. The monoisotopic (exact) mass is 323 g/mol. The average molecular weight is 323 g/mol. The predicted molar refractivity (Wildman–Crippen MR) is 79.6 cm³/mol. The van der Waals surface area contributed by atoms with Crippen LogP contribution in [0.15, 0.2) is 30.3 Å². The highest BCUT2D eigenvalue weighted by atomic mass is 16.5. The summed E-state index contributed by atoms with van der Waals surface area (Å²) in [7, 11) is 0. The van der Waals surface area contributed by atoms with E-state index < -0.39 is 42.7 Å². The Labute approximate surface area is 133 Å². The Kier molecular flexibility index (Phi) is 4.39. The van der Waals surface area contributed by atoms with Gasteiger partial charge in [-0.25, -0.2) is 0 Å². The lowest BCUT2D eigenvalue weighted by atomic mass is 9.90. The van der Waals surface area contributed by atoms with Crippen LogP contribution in [0.5, 0.6) is 0 Å². The predicted octanol–water partition coefficient (Wildman–Crippen LogP) is -1.21. The van der Waals surface area contributed by atoms with Crippen molar-refractivity contribution in [3.05, 3.63) is 35.9 Å². The van der Waals surface area contributed by atoms with E-state index in [-0.39, 0.29) is 5.91 Å². The molecule has 23 heavy (non-hydrogen) atoms. The van der Waals surface area contributed by atoms with Crippen LogP contribution in [0.2, 0.25) is 0 Å². The molecule has 1 unspecified atom stereocenters. The molecule has 7 nitrogen and oxygen atoms in total. The number of rotatable bonds is 4. The third-order valence-electron chi connectivity index (χ3n) is 4.62. The Morgan fingerprint density at radius 3 is 2.35 bits per heavy atom. The first kappa shape index (κ1) is 16.4. The maximum absolute atomic E-state index is 12.3. The van der Waals surface area contributed by atoms with E-state index in [1.54, 1.807) is 30.3 Å². The Hall–Kier alpha value is -1.51. The molecule has 1 aromatic rings. The molecule has 1 saturated heterocycles. The molecule has 5 atom stereocenters. The summed E-state index contributed by atoms with van der Waals surface area (Å²) in [5.74, 6) is -0.292. The van der Waals surface area contributed by atoms with E-state index in [1.165, 1.54) is 0 Å². The lowest BCUT2D eigenvalue weighted by Gasteiger charge is -2.43. The molecule has 0 aromatic heterocycles. The molecule has 0 spiro atoms. The number of carbonyl (C=O) groups excluding carboxylic acids is 1. The number of aliphatic hydroxyl groups is 4. The summed E-state index contributed by atoms with van der Waals surface area (Å²) in [6.07, 6.45) is -4.84. The summed E-state index contributed by atoms with van der Waals surface area (Å²) < 4.78 is 5.57. The molecule has 1 aromatic carbocycles. The fourth-order valence-electron chi connectivity index (χ4n) is 3.06. The molecule has 1 aliphatic carbocycles. The lowest BCUT2D eigenvalue weighted by Crippen LogP contribution is -2.65. The van der Waals surface area contributed by atoms with Crippen LogP contribution in [0.3, 0.4) is 0 Å². The fourth-order valence-corrected chi connectivity index (χ4v) is 3.06. The van der Waals surface area contributed by atoms with E-state index in [4.69, 9.17) is 4.74 Å². The maximum Gasteiger partial charge on any atom is 0.251 e. The number of amides is 1. The Balaban J connectivity index is 1.76. The van der Waals surface area contributed by atoms with Crippen molar-refractivity contribution in [2.24, 2.45) is 0 Å². The highest BCUT2D eigenvalue weighted by molar-refractivity contribution is 5.95. The molecule has 7 heteroatoms. The zero-order valence-electron chi connectivity index (χ0n) is 12.5. The van der Waals surface area contributed by atoms with E-state index in [0.29, 0.717) is 18.4 Å². The Morgan fingerprint density at radius 2 is 1.78 bits per heavy atom. The maximum atomic E-state index is 12.3. The van der Waals surface area contributed by atoms with Gasteiger partial charge in [0.2, 0.25) is 0 Å². The molecular formula is C16H21NO6. The molecule has 2 aliphatic rings. The van der Waals surface area contributed by atoms with Crippen LogP contribution in [0, 0.1) is 0 Å². The second-order valence-corrected chi connectivity index (χ2v) is 6.23. The van der Waals surface area contributed by atoms with Gasteiger partial charge in [-0.15, -0.1) is 0 Å². The summed E-state index contributed by atoms with van der Waals surface area (Å²) in [6, 6.07) is 8.67. The smallest absolute Gasteiger partial charge is 0.251 e. The van der Waals surface area contributed by atoms with Gasteiger partial charge in [0, 0.05) is 5.56 Å². The van der Waals surface area contributed by atoms with E-state index in [0.717, 1.165) is 0 Å². The molecule has 1 heterocycles. The molecule has 0 radical (unpaired) electrons. The first-order valence-corrected chi connectivity index (χ1v) is 7.66. The highest BCUT2D eigenvalue weighted by Gasteiger charge is 2.59. The van der Waals surface area contributed by atoms with E-state index in [9.17, 15) is 25.2 Å². The van der Waals surface area contributed by atoms with Crippen molar-refractivity contribution >= 4 is 5.91 Å². The SMILES string of the molecule is O=C(NC1(C2O[C@H](CO)[C@@H](O)[C@H](O)[C@H]2O)CC1)c1ccccc1. The van der Waals surface area contributed by atoms with Crippen LogP contribution in [-0.2, 0) is 4.74 Å². The molecule has 5 N–H and O–H groups in total. The quantitative estimate of drug-likeness (QED) is 0.474. The number of carbonyl (C=O) groups is 1. The number of benzene rings is 1. The summed E-state index contributed by atoms with van der Waals surface area (Å²) >= 11 is 0. The van der Waals surface area contributed by atoms with Crippen LogP contribution in [0.1, 0.15) is 23.2 Å². The second kappa shape index (κ2) is 6.18. The molecule has 2 fully saturated rings. The van der Waals surface area contributed by atoms with Gasteiger partial charge < -0.3 is 30.5 Å². The van der Waals surface area contributed by atoms with Crippen LogP contribution in [0.25, 0.3) is 0 Å². The number of hydrogen-bond donors (Lipinski definition) is 5. The largest absolute Gasteiger partial charge is 0.394 e. The minimum Gasteiger partial charge on any atom is -0.394 e. The van der Waals surface area contributed by atoms with Gasteiger partial charge in [0.15, 0.2) is 0 Å². The van der Waals surface area contributed by atoms with Crippen molar-refractivity contribution in [1.82, 2.24) is 5.32 Å². The third kappa shape index (κ3) is 2.98. The van der Waals surface area contributed by atoms with Crippen LogP contribution in [-0.4, -0.2) is 69.0 Å². The molecule has 3 rings (SSSR count). The van der Waals surface area contributed by atoms with Crippen LogP contribution >= 0.6 is 0 Å². The van der Waals surface area contributed by atoms with Gasteiger partial charge in [0.1, 0.15) is 30.5 Å². The van der Waals surface area contributed by atoms with Crippen molar-refractivity contribution in [1.29, 1.82) is 0 Å². The average Bonchev–Trinajstić information content (AvgIpc) is 3.34. The van der Waals surface area contributed by atoms with Crippen LogP contribution in [0.4, 0.5) is 0 Å². The van der Waals surface area contributed by atoms with Crippen molar-refractivity contribution in [2.45, 2.75) is 48.9 Å². The normalized spacial score (nSPS) is 35.6. The van der Waals surface area contributed by atoms with Crippen molar-refractivity contribution < 1.29 is 30.0 Å². The zero-order chi connectivity index (χ0) is 16.6. The zero-order valence-corrected chi connectivity index (χ0v) is 12.5. The third-order valence-corrected chi connectivity index (χ3v) is 4.62. The van der Waals surface area contributed by atoms with Gasteiger partial charge in [-0.3, -0.25) is 4.79 Å². The summed E-state index contributed by atoms with van der Waals surface area (Å²) in [5.41, 5.74) is -0.302. The Morgan fingerprint density at radius 1 is 1.13 bits per heavy atom. The molecule has 126 valence electrons. The van der Waals surface area contributed by atoms with Gasteiger partial charge in [-0.05, 0) is 25.0 Å². The first-order chi connectivity index (χ1) is 11.0. The molecular weight excluding hydrogens is 302 g/mol. The minimum absolute atomic E-state index is 0.292. The van der Waals surface area contributed by atoms with E-state index in [2.05, 4.69) is 5.32 Å². The van der Waals surface area contributed by atoms with Gasteiger partial charge in [-0.2, -0.15) is 0 Å². The molecule has 1 saturated carbocycles. The topological polar surface area (TPSA) is 119 Å². The number of hydrogen-bond acceptors (Lipinski definition) is 6. The lowest BCUT2D eigenvalue weighted by molar-refractivity contribution is -0.237. The van der Waals surface area contributed by atoms with Gasteiger partial charge >= 0.3 is 0 Å². The fraction of sp³-hybridized carbons (Fsp3) is 0.562. The second-order valence-electron chi connectivity index (χ2n) is 6.23. The minimum atomic E-state index is -1.43. The highest BCUT2D eigenvalue weighted by Crippen LogP contribution is 2.44. The number of nitrogens with one attached hydrogen (secondary N) is 1.